The number of hydrogen-bond acceptors (Lipinski definition) is 3. The molecule has 6 heteroatoms. The largest absolute Gasteiger partial charge is 0.351 e. The molecule has 1 aliphatic rings. The van der Waals surface area contributed by atoms with Crippen LogP contribution in [0, 0.1) is 0 Å². The van der Waals surface area contributed by atoms with Gasteiger partial charge in [0.25, 0.3) is 5.91 Å². The normalized spacial score (nSPS) is 16.6. The minimum absolute atomic E-state index is 0.0570. The van der Waals surface area contributed by atoms with Gasteiger partial charge in [0.2, 0.25) is 10.0 Å². The molecule has 0 spiro atoms. The highest BCUT2D eigenvalue weighted by Gasteiger charge is 2.27. The highest BCUT2D eigenvalue weighted by molar-refractivity contribution is 7.89. The Morgan fingerprint density at radius 2 is 1.82 bits per heavy atom. The Morgan fingerprint density at radius 3 is 2.45 bits per heavy atom. The number of amides is 1. The molecule has 1 fully saturated rings. The first-order chi connectivity index (χ1) is 10.5. The molecule has 1 N–H and O–H groups in total. The fraction of sp³-hybridized carbons (Fsp3) is 0.562. The molecule has 0 unspecified atom stereocenters. The summed E-state index contributed by atoms with van der Waals surface area (Å²) >= 11 is 0. The Labute approximate surface area is 132 Å². The van der Waals surface area contributed by atoms with Crippen LogP contribution in [0.4, 0.5) is 0 Å². The lowest BCUT2D eigenvalue weighted by Crippen LogP contribution is -2.42. The topological polar surface area (TPSA) is 66.5 Å². The van der Waals surface area contributed by atoms with Gasteiger partial charge in [-0.25, -0.2) is 12.7 Å². The molecule has 1 amide bonds. The number of carbonyl (C=O) groups is 1. The molecule has 0 saturated heterocycles. The first-order valence-electron chi connectivity index (χ1n) is 7.79. The van der Waals surface area contributed by atoms with E-state index in [0.717, 1.165) is 25.7 Å². The summed E-state index contributed by atoms with van der Waals surface area (Å²) in [4.78, 5) is 11.9. The summed E-state index contributed by atoms with van der Waals surface area (Å²) in [5.74, 6) is -0.297. The predicted octanol–water partition coefficient (Wildman–Crippen LogP) is 2.01. The number of benzene rings is 1. The molecule has 122 valence electrons. The van der Waals surface area contributed by atoms with Crippen molar-refractivity contribution in [3.8, 4) is 0 Å². The molecule has 0 atom stereocenters. The first kappa shape index (κ1) is 17.0. The van der Waals surface area contributed by atoms with E-state index < -0.39 is 10.0 Å². The summed E-state index contributed by atoms with van der Waals surface area (Å²) in [6.45, 7) is 0.132. The van der Waals surface area contributed by atoms with Crippen LogP contribution < -0.4 is 5.32 Å². The number of hydrogen-bond donors (Lipinski definition) is 1. The molecular weight excluding hydrogens is 300 g/mol. The number of sulfonamides is 1. The molecule has 1 aliphatic carbocycles. The average Bonchev–Trinajstić information content (AvgIpc) is 2.55. The van der Waals surface area contributed by atoms with Gasteiger partial charge in [-0.2, -0.15) is 0 Å². The molecule has 1 aromatic rings. The third-order valence-electron chi connectivity index (χ3n) is 4.21. The van der Waals surface area contributed by atoms with Crippen LogP contribution in [-0.4, -0.2) is 44.0 Å². The van der Waals surface area contributed by atoms with Crippen LogP contribution in [0.1, 0.15) is 42.5 Å². The Kier molecular flexibility index (Phi) is 5.97. The van der Waals surface area contributed by atoms with Crippen molar-refractivity contribution in [2.75, 3.05) is 19.3 Å². The van der Waals surface area contributed by atoms with E-state index >= 15 is 0 Å². The van der Waals surface area contributed by atoms with Crippen molar-refractivity contribution >= 4 is 15.9 Å². The molecule has 5 nitrogen and oxygen atoms in total. The van der Waals surface area contributed by atoms with Crippen LogP contribution in [0.25, 0.3) is 0 Å². The van der Waals surface area contributed by atoms with E-state index in [9.17, 15) is 13.2 Å². The second-order valence-electron chi connectivity index (χ2n) is 5.75. The van der Waals surface area contributed by atoms with E-state index in [1.165, 1.54) is 10.7 Å². The Morgan fingerprint density at radius 1 is 1.18 bits per heavy atom. The smallest absolute Gasteiger partial charge is 0.251 e. The standard InChI is InChI=1S/C16H24N2O3S/c1-18(15-10-6-3-7-11-15)22(20,21)13-12-17-16(19)14-8-4-2-5-9-14/h2,4-5,8-9,15H,3,6-7,10-13H2,1H3,(H,17,19). The van der Waals surface area contributed by atoms with Crippen LogP contribution in [0.15, 0.2) is 30.3 Å². The maximum atomic E-state index is 12.3. The quantitative estimate of drug-likeness (QED) is 0.870. The monoisotopic (exact) mass is 324 g/mol. The average molecular weight is 324 g/mol. The summed E-state index contributed by atoms with van der Waals surface area (Å²) in [5.41, 5.74) is 0.542. The van der Waals surface area contributed by atoms with Crippen molar-refractivity contribution in [3.63, 3.8) is 0 Å². The zero-order valence-corrected chi connectivity index (χ0v) is 13.8. The zero-order valence-electron chi connectivity index (χ0n) is 13.0. The van der Waals surface area contributed by atoms with Gasteiger partial charge in [0.15, 0.2) is 0 Å². The van der Waals surface area contributed by atoms with Crippen LogP contribution in [-0.2, 0) is 10.0 Å². The van der Waals surface area contributed by atoms with Crippen LogP contribution >= 0.6 is 0 Å². The fourth-order valence-corrected chi connectivity index (χ4v) is 4.11. The second-order valence-corrected chi connectivity index (χ2v) is 7.89. The van der Waals surface area contributed by atoms with Crippen LogP contribution in [0.3, 0.4) is 0 Å². The van der Waals surface area contributed by atoms with Crippen molar-refractivity contribution < 1.29 is 13.2 Å². The maximum Gasteiger partial charge on any atom is 0.251 e. The lowest BCUT2D eigenvalue weighted by atomic mass is 9.96. The minimum Gasteiger partial charge on any atom is -0.351 e. The third kappa shape index (κ3) is 4.55. The minimum atomic E-state index is -3.32. The Hall–Kier alpha value is -1.40. The number of rotatable bonds is 6. The number of carbonyl (C=O) groups excluding carboxylic acids is 1. The maximum absolute atomic E-state index is 12.3. The third-order valence-corrected chi connectivity index (χ3v) is 6.10. The summed E-state index contributed by atoms with van der Waals surface area (Å²) in [6, 6.07) is 8.92. The summed E-state index contributed by atoms with van der Waals surface area (Å²) in [7, 11) is -1.66. The molecule has 0 heterocycles. The van der Waals surface area contributed by atoms with Gasteiger partial charge in [-0.05, 0) is 25.0 Å². The molecule has 22 heavy (non-hydrogen) atoms. The van der Waals surface area contributed by atoms with E-state index in [4.69, 9.17) is 0 Å². The molecule has 1 aromatic carbocycles. The van der Waals surface area contributed by atoms with Gasteiger partial charge in [-0.3, -0.25) is 4.79 Å². The van der Waals surface area contributed by atoms with Gasteiger partial charge >= 0.3 is 0 Å². The fourth-order valence-electron chi connectivity index (χ4n) is 2.80. The highest BCUT2D eigenvalue weighted by atomic mass is 32.2. The molecular formula is C16H24N2O3S. The van der Waals surface area contributed by atoms with Crippen molar-refractivity contribution in [2.45, 2.75) is 38.1 Å². The van der Waals surface area contributed by atoms with Crippen molar-refractivity contribution in [1.29, 1.82) is 0 Å². The van der Waals surface area contributed by atoms with Crippen LogP contribution in [0.5, 0.6) is 0 Å². The van der Waals surface area contributed by atoms with E-state index in [2.05, 4.69) is 5.32 Å². The molecule has 0 bridgehead atoms. The van der Waals surface area contributed by atoms with Gasteiger partial charge in [-0.15, -0.1) is 0 Å². The van der Waals surface area contributed by atoms with E-state index in [1.807, 2.05) is 6.07 Å². The van der Waals surface area contributed by atoms with E-state index in [1.54, 1.807) is 31.3 Å². The molecule has 1 saturated carbocycles. The highest BCUT2D eigenvalue weighted by Crippen LogP contribution is 2.23. The second kappa shape index (κ2) is 7.74. The predicted molar refractivity (Wildman–Crippen MR) is 87.2 cm³/mol. The van der Waals surface area contributed by atoms with Gasteiger partial charge in [0.1, 0.15) is 0 Å². The van der Waals surface area contributed by atoms with Gasteiger partial charge in [0.05, 0.1) is 5.75 Å². The molecule has 2 rings (SSSR count). The summed E-state index contributed by atoms with van der Waals surface area (Å²) < 4.78 is 26.1. The van der Waals surface area contributed by atoms with Crippen molar-refractivity contribution in [2.24, 2.45) is 0 Å². The lowest BCUT2D eigenvalue weighted by molar-refractivity contribution is 0.0956. The summed E-state index contributed by atoms with van der Waals surface area (Å²) in [6.07, 6.45) is 5.25. The SMILES string of the molecule is CN(C1CCCCC1)S(=O)(=O)CCNC(=O)c1ccccc1. The van der Waals surface area contributed by atoms with Gasteiger partial charge in [-0.1, -0.05) is 37.5 Å². The molecule has 0 aliphatic heterocycles. The molecule has 0 radical (unpaired) electrons. The Bertz CT molecular complexity index is 581. The lowest BCUT2D eigenvalue weighted by Gasteiger charge is -2.30. The molecule has 0 aromatic heterocycles. The van der Waals surface area contributed by atoms with Crippen molar-refractivity contribution in [1.82, 2.24) is 9.62 Å². The van der Waals surface area contributed by atoms with Crippen LogP contribution in [0.2, 0.25) is 0 Å². The van der Waals surface area contributed by atoms with Crippen molar-refractivity contribution in [3.05, 3.63) is 35.9 Å². The summed E-state index contributed by atoms with van der Waals surface area (Å²) in [5, 5.41) is 2.67. The number of nitrogens with zero attached hydrogens (tertiary/aromatic N) is 1. The van der Waals surface area contributed by atoms with Gasteiger partial charge in [0, 0.05) is 25.2 Å². The van der Waals surface area contributed by atoms with E-state index in [-0.39, 0.29) is 24.2 Å². The first-order valence-corrected chi connectivity index (χ1v) is 9.40. The van der Waals surface area contributed by atoms with Gasteiger partial charge < -0.3 is 5.32 Å². The number of nitrogens with one attached hydrogen (secondary N) is 1. The zero-order chi connectivity index (χ0) is 16.0. The Balaban J connectivity index is 1.83. The van der Waals surface area contributed by atoms with E-state index in [0.29, 0.717) is 5.56 Å².